The predicted octanol–water partition coefficient (Wildman–Crippen LogP) is 2.72. The van der Waals surface area contributed by atoms with Gasteiger partial charge in [0.05, 0.1) is 13.0 Å². The monoisotopic (exact) mass is 206 g/mol. The summed E-state index contributed by atoms with van der Waals surface area (Å²) in [4.78, 5) is 11.4. The van der Waals surface area contributed by atoms with E-state index in [4.69, 9.17) is 4.74 Å². The van der Waals surface area contributed by atoms with Gasteiger partial charge in [-0.15, -0.1) is 0 Å². The smallest absolute Gasteiger partial charge is 0.310 e. The molecule has 15 heavy (non-hydrogen) atoms. The number of esters is 1. The Morgan fingerprint density at radius 1 is 1.27 bits per heavy atom. The third-order valence-corrected chi connectivity index (χ3v) is 2.56. The van der Waals surface area contributed by atoms with Crippen molar-refractivity contribution < 1.29 is 9.53 Å². The number of benzene rings is 1. The third-order valence-electron chi connectivity index (χ3n) is 2.56. The fraction of sp³-hybridized carbons (Fsp3) is 0.462. The van der Waals surface area contributed by atoms with Crippen LogP contribution in [0.5, 0.6) is 0 Å². The van der Waals surface area contributed by atoms with Gasteiger partial charge in [0.2, 0.25) is 0 Å². The number of hydrogen-bond acceptors (Lipinski definition) is 2. The molecule has 0 radical (unpaired) electrons. The summed E-state index contributed by atoms with van der Waals surface area (Å²) in [5, 5.41) is 0. The number of rotatable bonds is 3. The average Bonchev–Trinajstić information content (AvgIpc) is 2.13. The molecule has 0 N–H and O–H groups in total. The first-order valence-corrected chi connectivity index (χ1v) is 5.27. The molecule has 0 saturated carbocycles. The molecule has 0 aliphatic heterocycles. The van der Waals surface area contributed by atoms with Crippen LogP contribution in [0.3, 0.4) is 0 Å². The summed E-state index contributed by atoms with van der Waals surface area (Å²) in [6.07, 6.45) is 0.377. The summed E-state index contributed by atoms with van der Waals surface area (Å²) < 4.78 is 4.94. The molecule has 0 heterocycles. The molecule has 0 bridgehead atoms. The van der Waals surface area contributed by atoms with Gasteiger partial charge in [0.1, 0.15) is 0 Å². The van der Waals surface area contributed by atoms with Gasteiger partial charge < -0.3 is 4.74 Å². The van der Waals surface area contributed by atoms with Crippen LogP contribution in [0, 0.1) is 20.8 Å². The van der Waals surface area contributed by atoms with Crippen LogP contribution < -0.4 is 0 Å². The first-order valence-electron chi connectivity index (χ1n) is 5.27. The van der Waals surface area contributed by atoms with E-state index in [0.717, 1.165) is 5.56 Å². The summed E-state index contributed by atoms with van der Waals surface area (Å²) >= 11 is 0. The minimum absolute atomic E-state index is 0.148. The number of ether oxygens (including phenoxy) is 1. The minimum atomic E-state index is -0.148. The summed E-state index contributed by atoms with van der Waals surface area (Å²) in [5.74, 6) is -0.148. The lowest BCUT2D eigenvalue weighted by Gasteiger charge is -2.09. The Labute approximate surface area is 91.3 Å². The van der Waals surface area contributed by atoms with Crippen LogP contribution in [0.15, 0.2) is 12.1 Å². The van der Waals surface area contributed by atoms with Crippen molar-refractivity contribution in [3.05, 3.63) is 34.4 Å². The Morgan fingerprint density at radius 2 is 1.93 bits per heavy atom. The summed E-state index contributed by atoms with van der Waals surface area (Å²) in [6, 6.07) is 4.18. The highest BCUT2D eigenvalue weighted by Gasteiger charge is 2.08. The van der Waals surface area contributed by atoms with Crippen LogP contribution in [0.2, 0.25) is 0 Å². The lowest BCUT2D eigenvalue weighted by molar-refractivity contribution is -0.142. The molecule has 0 aliphatic rings. The molecule has 0 aromatic heterocycles. The molecule has 2 nitrogen and oxygen atoms in total. The fourth-order valence-corrected chi connectivity index (χ4v) is 1.68. The molecule has 82 valence electrons. The van der Waals surface area contributed by atoms with Crippen molar-refractivity contribution in [1.29, 1.82) is 0 Å². The summed E-state index contributed by atoms with van der Waals surface area (Å²) in [6.45, 7) is 8.43. The first kappa shape index (κ1) is 11.8. The quantitative estimate of drug-likeness (QED) is 0.711. The molecule has 0 aliphatic carbocycles. The van der Waals surface area contributed by atoms with Crippen LogP contribution in [0.25, 0.3) is 0 Å². The minimum Gasteiger partial charge on any atom is -0.466 e. The van der Waals surface area contributed by atoms with E-state index in [1.54, 1.807) is 0 Å². The number of carbonyl (C=O) groups is 1. The van der Waals surface area contributed by atoms with Crippen LogP contribution >= 0.6 is 0 Å². The number of hydrogen-bond donors (Lipinski definition) is 0. The van der Waals surface area contributed by atoms with E-state index < -0.39 is 0 Å². The molecule has 1 aromatic rings. The third kappa shape index (κ3) is 3.08. The van der Waals surface area contributed by atoms with E-state index in [9.17, 15) is 4.79 Å². The van der Waals surface area contributed by atoms with Gasteiger partial charge in [0.25, 0.3) is 0 Å². The molecule has 0 fully saturated rings. The zero-order valence-corrected chi connectivity index (χ0v) is 9.89. The van der Waals surface area contributed by atoms with Gasteiger partial charge in [-0.3, -0.25) is 4.79 Å². The molecule has 0 spiro atoms. The van der Waals surface area contributed by atoms with E-state index in [-0.39, 0.29) is 5.97 Å². The Balaban J connectivity index is 2.89. The SMILES string of the molecule is CCOC(=O)Cc1cc(C)cc(C)c1C. The van der Waals surface area contributed by atoms with Crippen LogP contribution in [0.4, 0.5) is 0 Å². The van der Waals surface area contributed by atoms with Crippen LogP contribution in [0.1, 0.15) is 29.2 Å². The molecule has 1 aromatic carbocycles. The Bertz CT molecular complexity index is 367. The second-order valence-corrected chi connectivity index (χ2v) is 3.85. The van der Waals surface area contributed by atoms with Gasteiger partial charge in [0.15, 0.2) is 0 Å². The normalized spacial score (nSPS) is 10.1. The second kappa shape index (κ2) is 4.96. The highest BCUT2D eigenvalue weighted by atomic mass is 16.5. The zero-order valence-electron chi connectivity index (χ0n) is 9.89. The van der Waals surface area contributed by atoms with E-state index >= 15 is 0 Å². The second-order valence-electron chi connectivity index (χ2n) is 3.85. The van der Waals surface area contributed by atoms with Gasteiger partial charge in [0, 0.05) is 0 Å². The maximum Gasteiger partial charge on any atom is 0.310 e. The van der Waals surface area contributed by atoms with E-state index in [0.29, 0.717) is 13.0 Å². The molecular formula is C13H18O2. The fourth-order valence-electron chi connectivity index (χ4n) is 1.68. The highest BCUT2D eigenvalue weighted by Crippen LogP contribution is 2.16. The van der Waals surface area contributed by atoms with Gasteiger partial charge in [-0.2, -0.15) is 0 Å². The van der Waals surface area contributed by atoms with Crippen molar-refractivity contribution in [2.45, 2.75) is 34.1 Å². The Morgan fingerprint density at radius 3 is 2.53 bits per heavy atom. The maximum absolute atomic E-state index is 11.4. The van der Waals surface area contributed by atoms with Crippen molar-refractivity contribution >= 4 is 5.97 Å². The number of aryl methyl sites for hydroxylation is 2. The van der Waals surface area contributed by atoms with Gasteiger partial charge in [-0.1, -0.05) is 17.7 Å². The summed E-state index contributed by atoms with van der Waals surface area (Å²) in [7, 11) is 0. The average molecular weight is 206 g/mol. The molecule has 2 heteroatoms. The molecule has 1 rings (SSSR count). The molecule has 0 unspecified atom stereocenters. The Kier molecular flexibility index (Phi) is 3.89. The molecule has 0 amide bonds. The van der Waals surface area contributed by atoms with Crippen molar-refractivity contribution in [2.75, 3.05) is 6.61 Å². The summed E-state index contributed by atoms with van der Waals surface area (Å²) in [5.41, 5.74) is 4.69. The molecular weight excluding hydrogens is 188 g/mol. The van der Waals surface area contributed by atoms with Gasteiger partial charge >= 0.3 is 5.97 Å². The van der Waals surface area contributed by atoms with Crippen molar-refractivity contribution in [2.24, 2.45) is 0 Å². The van der Waals surface area contributed by atoms with E-state index in [2.05, 4.69) is 19.1 Å². The van der Waals surface area contributed by atoms with Gasteiger partial charge in [-0.25, -0.2) is 0 Å². The van der Waals surface area contributed by atoms with E-state index in [1.807, 2.05) is 20.8 Å². The van der Waals surface area contributed by atoms with E-state index in [1.165, 1.54) is 16.7 Å². The highest BCUT2D eigenvalue weighted by molar-refractivity contribution is 5.73. The van der Waals surface area contributed by atoms with Crippen molar-refractivity contribution in [3.8, 4) is 0 Å². The van der Waals surface area contributed by atoms with Crippen molar-refractivity contribution in [1.82, 2.24) is 0 Å². The Hall–Kier alpha value is -1.31. The standard InChI is InChI=1S/C13H18O2/c1-5-15-13(14)8-12-7-9(2)6-10(3)11(12)4/h6-7H,5,8H2,1-4H3. The zero-order chi connectivity index (χ0) is 11.4. The lowest BCUT2D eigenvalue weighted by Crippen LogP contribution is -2.09. The largest absolute Gasteiger partial charge is 0.466 e. The maximum atomic E-state index is 11.4. The molecule has 0 saturated heterocycles. The van der Waals surface area contributed by atoms with Gasteiger partial charge in [-0.05, 0) is 44.4 Å². The first-order chi connectivity index (χ1) is 7.04. The molecule has 0 atom stereocenters. The van der Waals surface area contributed by atoms with Crippen LogP contribution in [-0.4, -0.2) is 12.6 Å². The number of carbonyl (C=O) groups excluding carboxylic acids is 1. The topological polar surface area (TPSA) is 26.3 Å². The lowest BCUT2D eigenvalue weighted by atomic mass is 9.98. The van der Waals surface area contributed by atoms with Crippen molar-refractivity contribution in [3.63, 3.8) is 0 Å². The van der Waals surface area contributed by atoms with Crippen LogP contribution in [-0.2, 0) is 16.0 Å². The predicted molar refractivity (Wildman–Crippen MR) is 61.0 cm³/mol.